The van der Waals surface area contributed by atoms with E-state index in [9.17, 15) is 24.3 Å². The molecule has 0 radical (unpaired) electrons. The first-order valence-electron chi connectivity index (χ1n) is 16.9. The first kappa shape index (κ1) is 41.4. The monoisotopic (exact) mass is 822 g/mol. The first-order valence-corrected chi connectivity index (χ1v) is 18.7. The Bertz CT molecular complexity index is 2070. The van der Waals surface area contributed by atoms with Gasteiger partial charge in [0.05, 0.1) is 24.6 Å². The van der Waals surface area contributed by atoms with Gasteiger partial charge in [0.2, 0.25) is 23.7 Å². The van der Waals surface area contributed by atoms with Crippen LogP contribution in [0.15, 0.2) is 25.6 Å². The van der Waals surface area contributed by atoms with Crippen molar-refractivity contribution in [2.45, 2.75) is 77.2 Å². The predicted octanol–water partition coefficient (Wildman–Crippen LogP) is 0.815. The van der Waals surface area contributed by atoms with Gasteiger partial charge in [0.25, 0.3) is 11.1 Å². The third-order valence-corrected chi connectivity index (χ3v) is 9.80. The number of hydrogen-bond acceptors (Lipinski definition) is 14. The van der Waals surface area contributed by atoms with Crippen molar-refractivity contribution in [2.24, 2.45) is 5.41 Å². The van der Waals surface area contributed by atoms with Gasteiger partial charge in [0, 0.05) is 45.4 Å². The highest BCUT2D eigenvalue weighted by molar-refractivity contribution is 9.10. The van der Waals surface area contributed by atoms with E-state index in [1.54, 1.807) is 4.57 Å². The number of nitrogens with two attached hydrogens (primary N) is 2. The number of nitrogens with one attached hydrogen (secondary N) is 3. The lowest BCUT2D eigenvalue weighted by Gasteiger charge is -2.30. The van der Waals surface area contributed by atoms with Crippen molar-refractivity contribution in [3.63, 3.8) is 0 Å². The second-order valence-electron chi connectivity index (χ2n) is 13.6. The number of fused-ring (bicyclic) bond motifs is 2. The summed E-state index contributed by atoms with van der Waals surface area (Å²) in [7, 11) is 0. The number of carbonyl (C=O) groups excluding carboxylic acids is 2. The summed E-state index contributed by atoms with van der Waals surface area (Å²) in [6, 6.07) is 0. The Morgan fingerprint density at radius 1 is 0.981 bits per heavy atom. The fraction of sp³-hybridized carbons (Fsp3) is 0.562. The number of carbonyl (C=O) groups is 2. The topological polar surface area (TPSA) is 276 Å². The summed E-state index contributed by atoms with van der Waals surface area (Å²) in [5.41, 5.74) is 10.7. The van der Waals surface area contributed by atoms with Crippen LogP contribution in [0.1, 0.15) is 53.4 Å². The number of nitrogen functional groups attached to an aromatic ring is 2. The Hall–Kier alpha value is -4.31. The average molecular weight is 824 g/mol. The second kappa shape index (κ2) is 18.1. The van der Waals surface area contributed by atoms with Crippen molar-refractivity contribution < 1.29 is 24.5 Å². The quantitative estimate of drug-likeness (QED) is 0.0480. The molecule has 0 aromatic carbocycles. The van der Waals surface area contributed by atoms with Gasteiger partial charge in [-0.3, -0.25) is 33.3 Å². The number of aliphatic hydroxyl groups is 2. The molecule has 21 heteroatoms. The molecule has 0 saturated heterocycles. The van der Waals surface area contributed by atoms with Gasteiger partial charge in [0.15, 0.2) is 32.2 Å². The van der Waals surface area contributed by atoms with Crippen LogP contribution < -0.4 is 33.2 Å². The van der Waals surface area contributed by atoms with Crippen LogP contribution in [-0.2, 0) is 27.4 Å². The molecule has 0 unspecified atom stereocenters. The molecule has 290 valence electrons. The van der Waals surface area contributed by atoms with Gasteiger partial charge in [-0.25, -0.2) is 9.97 Å². The molecule has 0 saturated carbocycles. The van der Waals surface area contributed by atoms with Gasteiger partial charge in [-0.05, 0) is 60.5 Å². The van der Waals surface area contributed by atoms with Crippen molar-refractivity contribution in [2.75, 3.05) is 50.1 Å². The summed E-state index contributed by atoms with van der Waals surface area (Å²) in [5, 5.41) is 24.8. The fourth-order valence-corrected chi connectivity index (χ4v) is 6.56. The van der Waals surface area contributed by atoms with Gasteiger partial charge < -0.3 is 41.6 Å². The molecule has 0 bridgehead atoms. The third kappa shape index (κ3) is 11.1. The molecule has 4 aromatic heterocycles. The number of anilines is 2. The zero-order chi connectivity index (χ0) is 38.9. The van der Waals surface area contributed by atoms with E-state index in [4.69, 9.17) is 21.3 Å². The van der Waals surface area contributed by atoms with Gasteiger partial charge in [-0.1, -0.05) is 25.6 Å². The number of ether oxygens (including phenoxy) is 1. The van der Waals surface area contributed by atoms with E-state index < -0.39 is 16.7 Å². The number of aliphatic hydroxyl groups excluding tert-OH is 2. The highest BCUT2D eigenvalue weighted by Gasteiger charge is 2.24. The molecule has 9 N–H and O–H groups in total. The van der Waals surface area contributed by atoms with Crippen molar-refractivity contribution >= 4 is 79.9 Å². The largest absolute Gasteiger partial charge is 0.395 e. The molecule has 4 rings (SSSR count). The van der Waals surface area contributed by atoms with E-state index >= 15 is 0 Å². The maximum Gasteiger partial charge on any atom is 0.283 e. The lowest BCUT2D eigenvalue weighted by molar-refractivity contribution is -0.122. The van der Waals surface area contributed by atoms with Crippen LogP contribution in [0.4, 0.5) is 11.9 Å². The lowest BCUT2D eigenvalue weighted by Crippen LogP contribution is -2.37. The predicted molar refractivity (Wildman–Crippen MR) is 205 cm³/mol. The molecule has 4 heterocycles. The fourth-order valence-electron chi connectivity index (χ4n) is 5.24. The normalized spacial score (nSPS) is 12.4. The van der Waals surface area contributed by atoms with Crippen molar-refractivity contribution in [1.82, 2.24) is 49.3 Å². The van der Waals surface area contributed by atoms with Crippen LogP contribution in [0.25, 0.3) is 28.5 Å². The smallest absolute Gasteiger partial charge is 0.283 e. The van der Waals surface area contributed by atoms with E-state index in [0.717, 1.165) is 11.8 Å². The van der Waals surface area contributed by atoms with Gasteiger partial charge in [-0.15, -0.1) is 0 Å². The highest BCUT2D eigenvalue weighted by Crippen LogP contribution is 2.24. The number of aromatic nitrogens is 8. The number of nitrogens with zero attached hydrogens (tertiary/aromatic N) is 7. The molecular formula is C32H47BrN12O7S. The number of imidazole rings is 2. The summed E-state index contributed by atoms with van der Waals surface area (Å²) in [4.78, 5) is 69.9. The Morgan fingerprint density at radius 3 is 2.45 bits per heavy atom. The molecule has 0 aliphatic carbocycles. The zero-order valence-corrected chi connectivity index (χ0v) is 32.5. The van der Waals surface area contributed by atoms with E-state index in [1.807, 2.05) is 27.7 Å². The average Bonchev–Trinajstić information content (AvgIpc) is 3.59. The molecule has 0 spiro atoms. The van der Waals surface area contributed by atoms with E-state index in [2.05, 4.69) is 51.5 Å². The minimum atomic E-state index is -0.524. The van der Waals surface area contributed by atoms with Crippen LogP contribution in [0.2, 0.25) is 0 Å². The zero-order valence-electron chi connectivity index (χ0n) is 30.1. The Labute approximate surface area is 317 Å². The minimum Gasteiger partial charge on any atom is -0.395 e. The van der Waals surface area contributed by atoms with E-state index in [0.29, 0.717) is 48.8 Å². The minimum absolute atomic E-state index is 0.00329. The standard InChI is InChI=1S/C32H47BrN12O7S/c1-31(2,18-37-19(48)7-5-11-45-26(51)22-24(41-29(45)35)43(12-6-14-46)27(33)38-22)9-16-52-32(3,4)8-10-36-20(49)17-53-30-39-21-23(44(30)13-15-47)40-28(34)42-25(21)50/h6,12,46-47H,5,7-11,13-18H2,1-4H3,(H2,35,41)(H,36,49)(H,37,48)(H3,34,40,42,50). The van der Waals surface area contributed by atoms with Gasteiger partial charge >= 0.3 is 0 Å². The summed E-state index contributed by atoms with van der Waals surface area (Å²) >= 11 is 4.41. The number of halogens is 1. The molecule has 0 fully saturated rings. The maximum absolute atomic E-state index is 13.0. The molecule has 0 atom stereocenters. The van der Waals surface area contributed by atoms with Crippen LogP contribution >= 0.6 is 27.7 Å². The summed E-state index contributed by atoms with van der Waals surface area (Å²) < 4.78 is 10.8. The number of H-pyrrole nitrogens is 1. The summed E-state index contributed by atoms with van der Waals surface area (Å²) in [6.07, 6.45) is 4.78. The van der Waals surface area contributed by atoms with Gasteiger partial charge in [-0.2, -0.15) is 9.97 Å². The first-order chi connectivity index (χ1) is 25.1. The summed E-state index contributed by atoms with van der Waals surface area (Å²) in [6.45, 7) is 9.12. The van der Waals surface area contributed by atoms with Crippen LogP contribution in [0, 0.1) is 5.41 Å². The highest BCUT2D eigenvalue weighted by atomic mass is 79.9. The van der Waals surface area contributed by atoms with E-state index in [1.165, 1.54) is 21.4 Å². The summed E-state index contributed by atoms with van der Waals surface area (Å²) in [5.74, 6) is -0.416. The van der Waals surface area contributed by atoms with Crippen LogP contribution in [0.5, 0.6) is 0 Å². The number of hydrogen-bond donors (Lipinski definition) is 7. The molecule has 0 aliphatic heterocycles. The number of aromatic amines is 1. The van der Waals surface area contributed by atoms with Crippen molar-refractivity contribution in [1.29, 1.82) is 0 Å². The molecule has 2 amide bonds. The van der Waals surface area contributed by atoms with Crippen LogP contribution in [-0.4, -0.2) is 105 Å². The third-order valence-electron chi connectivity index (χ3n) is 8.26. The Balaban J connectivity index is 1.15. The molecule has 19 nitrogen and oxygen atoms in total. The molecule has 53 heavy (non-hydrogen) atoms. The number of thioether (sulfide) groups is 1. The lowest BCUT2D eigenvalue weighted by atomic mass is 9.89. The number of rotatable bonds is 20. The second-order valence-corrected chi connectivity index (χ2v) is 15.3. The van der Waals surface area contributed by atoms with Gasteiger partial charge in [0.1, 0.15) is 0 Å². The number of amides is 2. The van der Waals surface area contributed by atoms with Crippen LogP contribution in [0.3, 0.4) is 0 Å². The Morgan fingerprint density at radius 2 is 1.74 bits per heavy atom. The molecule has 0 aliphatic rings. The van der Waals surface area contributed by atoms with Crippen molar-refractivity contribution in [3.8, 4) is 0 Å². The van der Waals surface area contributed by atoms with Crippen molar-refractivity contribution in [3.05, 3.63) is 31.5 Å². The maximum atomic E-state index is 13.0. The van der Waals surface area contributed by atoms with E-state index in [-0.39, 0.29) is 89.9 Å². The molecular weight excluding hydrogens is 776 g/mol. The SMILES string of the molecule is CC(C)(CCOC(C)(C)CCNC(=O)CSc1nc2c(=O)[nH]c(N)nc2n1CCO)CNC(=O)CCCn1c(N)nc2c(nc(Br)n2C=CCO)c1=O. The Kier molecular flexibility index (Phi) is 14.2. The molecule has 4 aromatic rings.